The topological polar surface area (TPSA) is 84.5 Å². The van der Waals surface area contributed by atoms with Gasteiger partial charge in [-0.15, -0.1) is 0 Å². The van der Waals surface area contributed by atoms with Gasteiger partial charge in [0.05, 0.1) is 15.5 Å². The molecule has 1 amide bonds. The van der Waals surface area contributed by atoms with Crippen LogP contribution in [-0.2, 0) is 21.0 Å². The second kappa shape index (κ2) is 10.8. The van der Waals surface area contributed by atoms with Gasteiger partial charge >= 0.3 is 6.18 Å². The first kappa shape index (κ1) is 27.3. The summed E-state index contributed by atoms with van der Waals surface area (Å²) in [6.45, 7) is 5.64. The highest BCUT2D eigenvalue weighted by Gasteiger charge is 2.33. The van der Waals surface area contributed by atoms with Gasteiger partial charge in [0.1, 0.15) is 5.75 Å². The van der Waals surface area contributed by atoms with E-state index in [9.17, 15) is 26.4 Å². The summed E-state index contributed by atoms with van der Waals surface area (Å²) in [4.78, 5) is 12.5. The second-order valence-electron chi connectivity index (χ2n) is 8.02. The highest BCUT2D eigenvalue weighted by Crippen LogP contribution is 2.36. The van der Waals surface area contributed by atoms with Crippen LogP contribution in [0, 0.1) is 13.8 Å². The van der Waals surface area contributed by atoms with E-state index in [0.29, 0.717) is 23.9 Å². The van der Waals surface area contributed by atoms with Crippen LogP contribution in [0.4, 0.5) is 24.5 Å². The summed E-state index contributed by atoms with van der Waals surface area (Å²) in [6.07, 6.45) is -5.11. The molecule has 36 heavy (non-hydrogen) atoms. The van der Waals surface area contributed by atoms with Crippen molar-refractivity contribution in [3.05, 3.63) is 82.4 Å². The first-order valence-corrected chi connectivity index (χ1v) is 12.7. The summed E-state index contributed by atoms with van der Waals surface area (Å²) >= 11 is 5.58. The van der Waals surface area contributed by atoms with Crippen molar-refractivity contribution >= 4 is 38.9 Å². The van der Waals surface area contributed by atoms with E-state index in [0.717, 1.165) is 23.3 Å². The Morgan fingerprint density at radius 2 is 1.67 bits per heavy atom. The molecule has 0 saturated heterocycles. The van der Waals surface area contributed by atoms with E-state index in [1.54, 1.807) is 13.0 Å². The standard InChI is InChI=1S/C25H24ClF3N2O4S/c1-4-22(35-23-7-5-6-15(2)16(23)3)24(32)30-17-8-11-19(12-9-17)36(33,34)31-18-10-13-21(26)20(14-18)25(27,28)29/h5-14,22,31H,4H2,1-3H3,(H,30,32). The zero-order valence-electron chi connectivity index (χ0n) is 19.6. The number of rotatable bonds is 8. The first-order chi connectivity index (χ1) is 16.8. The lowest BCUT2D eigenvalue weighted by molar-refractivity contribution is -0.137. The maximum Gasteiger partial charge on any atom is 0.417 e. The average molecular weight is 541 g/mol. The van der Waals surface area contributed by atoms with Gasteiger partial charge in [-0.1, -0.05) is 30.7 Å². The molecule has 0 saturated carbocycles. The summed E-state index contributed by atoms with van der Waals surface area (Å²) in [7, 11) is -4.20. The number of hydrogen-bond acceptors (Lipinski definition) is 4. The summed E-state index contributed by atoms with van der Waals surface area (Å²) in [6, 6.07) is 13.5. The molecule has 3 aromatic carbocycles. The van der Waals surface area contributed by atoms with Crippen LogP contribution in [0.2, 0.25) is 5.02 Å². The summed E-state index contributed by atoms with van der Waals surface area (Å²) in [5, 5.41) is 2.14. The maximum absolute atomic E-state index is 13.1. The molecule has 0 fully saturated rings. The number of halogens is 4. The Hall–Kier alpha value is -3.24. The molecule has 0 bridgehead atoms. The van der Waals surface area contributed by atoms with Gasteiger partial charge in [-0.2, -0.15) is 13.2 Å². The molecular weight excluding hydrogens is 517 g/mol. The van der Waals surface area contributed by atoms with E-state index < -0.39 is 38.8 Å². The van der Waals surface area contributed by atoms with Gasteiger partial charge in [0.25, 0.3) is 15.9 Å². The van der Waals surface area contributed by atoms with E-state index in [1.165, 1.54) is 24.3 Å². The normalized spacial score (nSPS) is 12.6. The van der Waals surface area contributed by atoms with Crippen molar-refractivity contribution in [3.63, 3.8) is 0 Å². The molecule has 192 valence electrons. The van der Waals surface area contributed by atoms with Crippen molar-refractivity contribution in [1.82, 2.24) is 0 Å². The van der Waals surface area contributed by atoms with Crippen molar-refractivity contribution < 1.29 is 31.1 Å². The van der Waals surface area contributed by atoms with Crippen LogP contribution < -0.4 is 14.8 Å². The molecule has 0 heterocycles. The number of ether oxygens (including phenoxy) is 1. The summed E-state index contributed by atoms with van der Waals surface area (Å²) < 4.78 is 72.5. The molecule has 1 atom stereocenters. The Bertz CT molecular complexity index is 1360. The van der Waals surface area contributed by atoms with Gasteiger partial charge in [-0.25, -0.2) is 8.42 Å². The number of aryl methyl sites for hydroxylation is 1. The van der Waals surface area contributed by atoms with E-state index in [4.69, 9.17) is 16.3 Å². The van der Waals surface area contributed by atoms with E-state index in [-0.39, 0.29) is 10.6 Å². The predicted molar refractivity (Wildman–Crippen MR) is 133 cm³/mol. The minimum absolute atomic E-state index is 0.206. The van der Waals surface area contributed by atoms with Crippen molar-refractivity contribution in [3.8, 4) is 5.75 Å². The Morgan fingerprint density at radius 3 is 2.28 bits per heavy atom. The van der Waals surface area contributed by atoms with Gasteiger partial charge < -0.3 is 10.1 Å². The third kappa shape index (κ3) is 6.50. The molecule has 3 rings (SSSR count). The highest BCUT2D eigenvalue weighted by atomic mass is 35.5. The number of benzene rings is 3. The predicted octanol–water partition coefficient (Wildman–Crippen LogP) is 6.57. The van der Waals surface area contributed by atoms with Crippen molar-refractivity contribution in [2.75, 3.05) is 10.0 Å². The minimum atomic E-state index is -4.74. The van der Waals surface area contributed by atoms with Crippen LogP contribution >= 0.6 is 11.6 Å². The maximum atomic E-state index is 13.1. The number of carbonyl (C=O) groups excluding carboxylic acids is 1. The van der Waals surface area contributed by atoms with Crippen molar-refractivity contribution in [1.29, 1.82) is 0 Å². The Labute approximate surface area is 212 Å². The molecule has 11 heteroatoms. The zero-order valence-corrected chi connectivity index (χ0v) is 21.2. The molecule has 0 spiro atoms. The molecule has 1 unspecified atom stereocenters. The lowest BCUT2D eigenvalue weighted by Crippen LogP contribution is -2.32. The van der Waals surface area contributed by atoms with Crippen LogP contribution in [0.25, 0.3) is 0 Å². The smallest absolute Gasteiger partial charge is 0.417 e. The summed E-state index contributed by atoms with van der Waals surface area (Å²) in [5.41, 5.74) is 0.831. The average Bonchev–Trinajstić information content (AvgIpc) is 2.80. The fourth-order valence-electron chi connectivity index (χ4n) is 3.29. The molecule has 0 aliphatic heterocycles. The van der Waals surface area contributed by atoms with Crippen LogP contribution in [0.5, 0.6) is 5.75 Å². The van der Waals surface area contributed by atoms with E-state index in [2.05, 4.69) is 10.0 Å². The zero-order chi connectivity index (χ0) is 26.7. The number of carbonyl (C=O) groups is 1. The number of amides is 1. The molecule has 2 N–H and O–H groups in total. The van der Waals surface area contributed by atoms with Crippen LogP contribution in [0.1, 0.15) is 30.0 Å². The number of hydrogen-bond donors (Lipinski definition) is 2. The van der Waals surface area contributed by atoms with Crippen LogP contribution in [0.3, 0.4) is 0 Å². The van der Waals surface area contributed by atoms with Gasteiger partial charge in [-0.05, 0) is 79.9 Å². The third-order valence-electron chi connectivity index (χ3n) is 5.44. The Kier molecular flexibility index (Phi) is 8.20. The second-order valence-corrected chi connectivity index (χ2v) is 10.1. The third-order valence-corrected chi connectivity index (χ3v) is 7.17. The van der Waals surface area contributed by atoms with Gasteiger partial charge in [-0.3, -0.25) is 9.52 Å². The van der Waals surface area contributed by atoms with Gasteiger partial charge in [0.15, 0.2) is 6.10 Å². The fraction of sp³-hybridized carbons (Fsp3) is 0.240. The van der Waals surface area contributed by atoms with Crippen LogP contribution in [-0.4, -0.2) is 20.4 Å². The molecule has 0 aliphatic rings. The van der Waals surface area contributed by atoms with Gasteiger partial charge in [0, 0.05) is 11.4 Å². The van der Waals surface area contributed by atoms with Crippen molar-refractivity contribution in [2.24, 2.45) is 0 Å². The lowest BCUT2D eigenvalue weighted by Gasteiger charge is -2.19. The first-order valence-electron chi connectivity index (χ1n) is 10.8. The molecule has 0 radical (unpaired) electrons. The minimum Gasteiger partial charge on any atom is -0.480 e. The molecule has 0 aromatic heterocycles. The lowest BCUT2D eigenvalue weighted by atomic mass is 10.1. The quantitative estimate of drug-likeness (QED) is 0.338. The molecular formula is C25H24ClF3N2O4S. The number of sulfonamides is 1. The van der Waals surface area contributed by atoms with E-state index in [1.807, 2.05) is 26.0 Å². The molecule has 6 nitrogen and oxygen atoms in total. The Balaban J connectivity index is 1.71. The van der Waals surface area contributed by atoms with E-state index >= 15 is 0 Å². The highest BCUT2D eigenvalue weighted by molar-refractivity contribution is 7.92. The SMILES string of the molecule is CCC(Oc1cccc(C)c1C)C(=O)Nc1ccc(S(=O)(=O)Nc2ccc(Cl)c(C(F)(F)F)c2)cc1. The largest absolute Gasteiger partial charge is 0.480 e. The summed E-state index contributed by atoms with van der Waals surface area (Å²) in [5.74, 6) is 0.188. The Morgan fingerprint density at radius 1 is 1.03 bits per heavy atom. The number of alkyl halides is 3. The van der Waals surface area contributed by atoms with Gasteiger partial charge in [0.2, 0.25) is 0 Å². The van der Waals surface area contributed by atoms with Crippen LogP contribution in [0.15, 0.2) is 65.6 Å². The fourth-order valence-corrected chi connectivity index (χ4v) is 4.56. The van der Waals surface area contributed by atoms with Crippen molar-refractivity contribution in [2.45, 2.75) is 44.4 Å². The molecule has 3 aromatic rings. The molecule has 0 aliphatic carbocycles. The number of nitrogens with one attached hydrogen (secondary N) is 2. The monoisotopic (exact) mass is 540 g/mol. The number of anilines is 2.